The van der Waals surface area contributed by atoms with Gasteiger partial charge in [0.2, 0.25) is 6.29 Å². The van der Waals surface area contributed by atoms with E-state index in [1.165, 1.54) is 25.3 Å². The van der Waals surface area contributed by atoms with Crippen molar-refractivity contribution < 1.29 is 43.5 Å². The molecule has 0 unspecified atom stereocenters. The molecule has 3 atom stereocenters. The molecule has 3 heterocycles. The first-order valence-electron chi connectivity index (χ1n) is 10.5. The maximum atomic E-state index is 12.9. The summed E-state index contributed by atoms with van der Waals surface area (Å²) in [6, 6.07) is 10.0. The van der Waals surface area contributed by atoms with Gasteiger partial charge in [0.25, 0.3) is 0 Å². The van der Waals surface area contributed by atoms with E-state index < -0.39 is 41.6 Å². The summed E-state index contributed by atoms with van der Waals surface area (Å²) in [7, 11) is 1.40. The second-order valence-corrected chi connectivity index (χ2v) is 8.12. The molecule has 0 spiro atoms. The standard InChI is InChI=1S/C24H20O11/c1-31-15-4-2-11-3-5-18(27)35-20(11)19(15)13-6-12-7-17(14(26)8-16(12)33-22(13)29)34-23-21(28)24(30,9-25)10-32-23/h2-8,21,23,25-26,28,30H,9-10H2,1H3/t21-,23-,24-/m0/s1. The van der Waals surface area contributed by atoms with Crippen molar-refractivity contribution in [2.24, 2.45) is 0 Å². The number of aliphatic hydroxyl groups is 3. The molecule has 0 bridgehead atoms. The molecular weight excluding hydrogens is 464 g/mol. The van der Waals surface area contributed by atoms with Crippen LogP contribution in [-0.4, -0.2) is 58.7 Å². The molecule has 0 amide bonds. The second-order valence-electron chi connectivity index (χ2n) is 8.12. The Balaban J connectivity index is 1.64. The Kier molecular flexibility index (Phi) is 5.49. The van der Waals surface area contributed by atoms with Crippen molar-refractivity contribution in [2.75, 3.05) is 20.3 Å². The van der Waals surface area contributed by atoms with E-state index in [-0.39, 0.29) is 40.4 Å². The van der Waals surface area contributed by atoms with Crippen LogP contribution in [-0.2, 0) is 4.74 Å². The van der Waals surface area contributed by atoms with Gasteiger partial charge in [-0.05, 0) is 30.3 Å². The lowest BCUT2D eigenvalue weighted by molar-refractivity contribution is -0.116. The number of hydrogen-bond donors (Lipinski definition) is 4. The van der Waals surface area contributed by atoms with Gasteiger partial charge in [-0.25, -0.2) is 9.59 Å². The lowest BCUT2D eigenvalue weighted by Gasteiger charge is -2.24. The quantitative estimate of drug-likeness (QED) is 0.299. The van der Waals surface area contributed by atoms with Gasteiger partial charge < -0.3 is 43.5 Å². The van der Waals surface area contributed by atoms with Crippen LogP contribution >= 0.6 is 0 Å². The maximum absolute atomic E-state index is 12.9. The number of methoxy groups -OCH3 is 1. The van der Waals surface area contributed by atoms with Crippen LogP contribution in [0.3, 0.4) is 0 Å². The van der Waals surface area contributed by atoms with Crippen molar-refractivity contribution in [2.45, 2.75) is 18.0 Å². The SMILES string of the molecule is COc1ccc2ccc(=O)oc2c1-c1cc2cc(O[C@@H]3OC[C@@](O)(CO)[C@H]3O)c(O)cc2oc1=O. The molecule has 1 aliphatic rings. The summed E-state index contributed by atoms with van der Waals surface area (Å²) in [6.45, 7) is -1.13. The van der Waals surface area contributed by atoms with Gasteiger partial charge in [0.1, 0.15) is 28.6 Å². The van der Waals surface area contributed by atoms with Crippen molar-refractivity contribution in [1.82, 2.24) is 0 Å². The normalized spacial score (nSPS) is 22.1. The highest BCUT2D eigenvalue weighted by molar-refractivity contribution is 5.97. The average Bonchev–Trinajstić information content (AvgIpc) is 3.13. The minimum atomic E-state index is -1.91. The first-order valence-corrected chi connectivity index (χ1v) is 10.5. The molecule has 11 nitrogen and oxygen atoms in total. The molecule has 35 heavy (non-hydrogen) atoms. The van der Waals surface area contributed by atoms with Crippen LogP contribution in [0.15, 0.2) is 60.9 Å². The molecule has 0 radical (unpaired) electrons. The third-order valence-corrected chi connectivity index (χ3v) is 5.88. The van der Waals surface area contributed by atoms with Crippen molar-refractivity contribution >= 4 is 21.9 Å². The summed E-state index contributed by atoms with van der Waals surface area (Å²) in [5.41, 5.74) is -2.91. The number of ether oxygens (including phenoxy) is 3. The minimum absolute atomic E-state index is 0.0257. The summed E-state index contributed by atoms with van der Waals surface area (Å²) >= 11 is 0. The number of rotatable bonds is 5. The molecule has 5 rings (SSSR count). The molecule has 4 N–H and O–H groups in total. The fourth-order valence-electron chi connectivity index (χ4n) is 3.96. The third kappa shape index (κ3) is 3.80. The Morgan fingerprint density at radius 1 is 1.06 bits per heavy atom. The van der Waals surface area contributed by atoms with E-state index in [1.807, 2.05) is 0 Å². The molecule has 182 valence electrons. The molecule has 2 aromatic carbocycles. The van der Waals surface area contributed by atoms with Crippen LogP contribution < -0.4 is 20.7 Å². The highest BCUT2D eigenvalue weighted by Crippen LogP contribution is 2.39. The van der Waals surface area contributed by atoms with E-state index in [0.29, 0.717) is 10.8 Å². The molecule has 2 aromatic heterocycles. The summed E-state index contributed by atoms with van der Waals surface area (Å²) in [5.74, 6) is -0.295. The van der Waals surface area contributed by atoms with E-state index in [1.54, 1.807) is 18.2 Å². The number of fused-ring (bicyclic) bond motifs is 2. The van der Waals surface area contributed by atoms with Gasteiger partial charge in [-0.3, -0.25) is 0 Å². The van der Waals surface area contributed by atoms with Crippen LogP contribution in [0, 0.1) is 0 Å². The van der Waals surface area contributed by atoms with Gasteiger partial charge in [-0.15, -0.1) is 0 Å². The molecular formula is C24H20O11. The number of aliphatic hydroxyl groups excluding tert-OH is 2. The molecule has 0 saturated carbocycles. The van der Waals surface area contributed by atoms with Gasteiger partial charge in [0.15, 0.2) is 11.5 Å². The topological polar surface area (TPSA) is 169 Å². The number of hydrogen-bond acceptors (Lipinski definition) is 11. The lowest BCUT2D eigenvalue weighted by atomic mass is 10.0. The Bertz CT molecular complexity index is 1550. The molecule has 0 aliphatic carbocycles. The smallest absolute Gasteiger partial charge is 0.344 e. The number of aromatic hydroxyl groups is 1. The number of phenols is 1. The third-order valence-electron chi connectivity index (χ3n) is 5.88. The van der Waals surface area contributed by atoms with Crippen molar-refractivity contribution in [3.05, 3.63) is 63.3 Å². The number of phenolic OH excluding ortho intramolecular Hbond substituents is 1. The number of benzene rings is 2. The first kappa shape index (κ1) is 22.9. The summed E-state index contributed by atoms with van der Waals surface area (Å²) < 4.78 is 26.9. The Morgan fingerprint density at radius 3 is 2.54 bits per heavy atom. The van der Waals surface area contributed by atoms with Crippen LogP contribution in [0.2, 0.25) is 0 Å². The molecule has 1 fully saturated rings. The van der Waals surface area contributed by atoms with Crippen molar-refractivity contribution in [3.63, 3.8) is 0 Å². The van der Waals surface area contributed by atoms with Gasteiger partial charge in [0, 0.05) is 22.9 Å². The van der Waals surface area contributed by atoms with E-state index in [9.17, 15) is 30.0 Å². The van der Waals surface area contributed by atoms with E-state index in [2.05, 4.69) is 0 Å². The molecule has 4 aromatic rings. The molecule has 1 aliphatic heterocycles. The predicted octanol–water partition coefficient (Wildman–Crippen LogP) is 1.10. The Labute approximate surface area is 195 Å². The lowest BCUT2D eigenvalue weighted by Crippen LogP contribution is -2.48. The maximum Gasteiger partial charge on any atom is 0.344 e. The highest BCUT2D eigenvalue weighted by Gasteiger charge is 2.49. The summed E-state index contributed by atoms with van der Waals surface area (Å²) in [6.07, 6.45) is -2.96. The van der Waals surface area contributed by atoms with E-state index in [4.69, 9.17) is 23.0 Å². The monoisotopic (exact) mass is 484 g/mol. The molecule has 11 heteroatoms. The highest BCUT2D eigenvalue weighted by atomic mass is 16.7. The average molecular weight is 484 g/mol. The van der Waals surface area contributed by atoms with Crippen LogP contribution in [0.4, 0.5) is 0 Å². The molecule has 1 saturated heterocycles. The van der Waals surface area contributed by atoms with Gasteiger partial charge in [0.05, 0.1) is 31.5 Å². The zero-order chi connectivity index (χ0) is 24.9. The zero-order valence-electron chi connectivity index (χ0n) is 18.3. The van der Waals surface area contributed by atoms with E-state index >= 15 is 0 Å². The second kappa shape index (κ2) is 8.40. The Morgan fingerprint density at radius 2 is 1.83 bits per heavy atom. The minimum Gasteiger partial charge on any atom is -0.504 e. The summed E-state index contributed by atoms with van der Waals surface area (Å²) in [5, 5.41) is 40.9. The van der Waals surface area contributed by atoms with Crippen LogP contribution in [0.25, 0.3) is 33.1 Å². The van der Waals surface area contributed by atoms with Crippen LogP contribution in [0.1, 0.15) is 0 Å². The van der Waals surface area contributed by atoms with Gasteiger partial charge >= 0.3 is 11.3 Å². The zero-order valence-corrected chi connectivity index (χ0v) is 18.3. The predicted molar refractivity (Wildman–Crippen MR) is 121 cm³/mol. The fraction of sp³-hybridized carbons (Fsp3) is 0.250. The fourth-order valence-corrected chi connectivity index (χ4v) is 3.96. The van der Waals surface area contributed by atoms with Crippen LogP contribution in [0.5, 0.6) is 17.2 Å². The van der Waals surface area contributed by atoms with Gasteiger partial charge in [-0.2, -0.15) is 0 Å². The van der Waals surface area contributed by atoms with Crippen molar-refractivity contribution in [3.8, 4) is 28.4 Å². The first-order chi connectivity index (χ1) is 16.7. The summed E-state index contributed by atoms with van der Waals surface area (Å²) in [4.78, 5) is 24.8. The van der Waals surface area contributed by atoms with Gasteiger partial charge in [-0.1, -0.05) is 0 Å². The Hall–Kier alpha value is -3.90. The largest absolute Gasteiger partial charge is 0.504 e. The van der Waals surface area contributed by atoms with E-state index in [0.717, 1.165) is 6.07 Å². The van der Waals surface area contributed by atoms with Crippen molar-refractivity contribution in [1.29, 1.82) is 0 Å².